The van der Waals surface area contributed by atoms with Crippen molar-refractivity contribution < 1.29 is 23.2 Å². The van der Waals surface area contributed by atoms with Gasteiger partial charge < -0.3 is 23.9 Å². The first kappa shape index (κ1) is 20.1. The van der Waals surface area contributed by atoms with Crippen molar-refractivity contribution >= 4 is 11.6 Å². The van der Waals surface area contributed by atoms with Gasteiger partial charge >= 0.3 is 0 Å². The molecule has 0 atom stereocenters. The number of carbonyl (C=O) groups is 1. The van der Waals surface area contributed by atoms with Gasteiger partial charge in [0.25, 0.3) is 5.89 Å². The average molecular weight is 422 g/mol. The molecule has 0 unspecified atom stereocenters. The molecule has 0 saturated carbocycles. The standard InChI is InChI=1S/C22H19FN4O4/c1-29-16-9-10-19(30-2)17(12-16)24-20(28)13-27-11-3-4-18(27)22-25-21(26-31-22)14-5-7-15(23)8-6-14/h3-12H,13H2,1-2H3,(H,24,28). The number of aromatic nitrogens is 3. The molecule has 2 heterocycles. The molecule has 0 fully saturated rings. The van der Waals surface area contributed by atoms with Gasteiger partial charge in [0.2, 0.25) is 11.7 Å². The molecule has 1 amide bonds. The van der Waals surface area contributed by atoms with Crippen LogP contribution >= 0.6 is 0 Å². The predicted molar refractivity (Wildman–Crippen MR) is 111 cm³/mol. The second kappa shape index (κ2) is 8.70. The van der Waals surface area contributed by atoms with Crippen LogP contribution in [0.25, 0.3) is 23.0 Å². The highest BCUT2D eigenvalue weighted by Gasteiger charge is 2.16. The summed E-state index contributed by atoms with van der Waals surface area (Å²) in [5.41, 5.74) is 1.70. The minimum absolute atomic E-state index is 0.0109. The summed E-state index contributed by atoms with van der Waals surface area (Å²) < 4.78 is 30.7. The van der Waals surface area contributed by atoms with Crippen molar-refractivity contribution in [2.24, 2.45) is 0 Å². The van der Waals surface area contributed by atoms with Crippen LogP contribution in [0.3, 0.4) is 0 Å². The van der Waals surface area contributed by atoms with Gasteiger partial charge in [0, 0.05) is 17.8 Å². The zero-order valence-corrected chi connectivity index (χ0v) is 16.8. The lowest BCUT2D eigenvalue weighted by molar-refractivity contribution is -0.116. The van der Waals surface area contributed by atoms with Crippen molar-refractivity contribution in [2.75, 3.05) is 19.5 Å². The van der Waals surface area contributed by atoms with Crippen LogP contribution in [0.2, 0.25) is 0 Å². The number of anilines is 1. The van der Waals surface area contributed by atoms with Crippen LogP contribution in [-0.2, 0) is 11.3 Å². The van der Waals surface area contributed by atoms with Crippen molar-refractivity contribution in [1.29, 1.82) is 0 Å². The Kier molecular flexibility index (Phi) is 5.65. The van der Waals surface area contributed by atoms with E-state index in [4.69, 9.17) is 14.0 Å². The number of halogens is 1. The Bertz CT molecular complexity index is 1200. The van der Waals surface area contributed by atoms with Crippen LogP contribution in [0, 0.1) is 5.82 Å². The Morgan fingerprint density at radius 2 is 1.94 bits per heavy atom. The molecule has 0 aliphatic rings. The highest BCUT2D eigenvalue weighted by atomic mass is 19.1. The van der Waals surface area contributed by atoms with Gasteiger partial charge in [-0.25, -0.2) is 4.39 Å². The third-order valence-corrected chi connectivity index (χ3v) is 4.57. The van der Waals surface area contributed by atoms with Crippen LogP contribution in [0.15, 0.2) is 65.3 Å². The molecule has 2 aromatic heterocycles. The van der Waals surface area contributed by atoms with Crippen LogP contribution in [0.5, 0.6) is 11.5 Å². The SMILES string of the molecule is COc1ccc(OC)c(NC(=O)Cn2cccc2-c2nc(-c3ccc(F)cc3)no2)c1. The number of carbonyl (C=O) groups excluding carboxylic acids is 1. The van der Waals surface area contributed by atoms with E-state index >= 15 is 0 Å². The third kappa shape index (κ3) is 4.40. The maximum absolute atomic E-state index is 13.1. The molecule has 31 heavy (non-hydrogen) atoms. The van der Waals surface area contributed by atoms with Crippen molar-refractivity contribution in [1.82, 2.24) is 14.7 Å². The van der Waals surface area contributed by atoms with Gasteiger partial charge in [0.15, 0.2) is 0 Å². The van der Waals surface area contributed by atoms with E-state index in [2.05, 4.69) is 15.5 Å². The van der Waals surface area contributed by atoms with Gasteiger partial charge in [-0.15, -0.1) is 0 Å². The topological polar surface area (TPSA) is 91.4 Å². The Balaban J connectivity index is 1.52. The van der Waals surface area contributed by atoms with Gasteiger partial charge in [0.05, 0.1) is 19.9 Å². The number of amides is 1. The maximum atomic E-state index is 13.1. The van der Waals surface area contributed by atoms with Crippen LogP contribution < -0.4 is 14.8 Å². The minimum atomic E-state index is -0.347. The summed E-state index contributed by atoms with van der Waals surface area (Å²) in [5.74, 6) is 1.06. The second-order valence-electron chi connectivity index (χ2n) is 6.57. The van der Waals surface area contributed by atoms with Crippen molar-refractivity contribution in [2.45, 2.75) is 6.54 Å². The van der Waals surface area contributed by atoms with Gasteiger partial charge in [-0.2, -0.15) is 4.98 Å². The number of hydrogen-bond donors (Lipinski definition) is 1. The summed E-state index contributed by atoms with van der Waals surface area (Å²) in [6, 6.07) is 14.5. The Hall–Kier alpha value is -4.14. The number of ether oxygens (including phenoxy) is 2. The van der Waals surface area contributed by atoms with E-state index in [-0.39, 0.29) is 24.2 Å². The molecule has 4 rings (SSSR count). The van der Waals surface area contributed by atoms with Crippen molar-refractivity contribution in [3.63, 3.8) is 0 Å². The minimum Gasteiger partial charge on any atom is -0.497 e. The molecule has 158 valence electrons. The number of benzene rings is 2. The number of rotatable bonds is 7. The molecule has 2 aromatic carbocycles. The summed E-state index contributed by atoms with van der Waals surface area (Å²) in [6.45, 7) is 0.0109. The lowest BCUT2D eigenvalue weighted by Gasteiger charge is -2.12. The monoisotopic (exact) mass is 422 g/mol. The maximum Gasteiger partial charge on any atom is 0.274 e. The summed E-state index contributed by atoms with van der Waals surface area (Å²) in [6.07, 6.45) is 1.74. The largest absolute Gasteiger partial charge is 0.497 e. The molecular formula is C22H19FN4O4. The average Bonchev–Trinajstić information content (AvgIpc) is 3.43. The highest BCUT2D eigenvalue weighted by Crippen LogP contribution is 2.29. The molecule has 1 N–H and O–H groups in total. The first-order valence-corrected chi connectivity index (χ1v) is 9.34. The smallest absolute Gasteiger partial charge is 0.274 e. The summed E-state index contributed by atoms with van der Waals surface area (Å²) >= 11 is 0. The quantitative estimate of drug-likeness (QED) is 0.484. The first-order valence-electron chi connectivity index (χ1n) is 9.34. The van der Waals surface area contributed by atoms with E-state index in [0.29, 0.717) is 34.3 Å². The molecule has 4 aromatic rings. The zero-order valence-electron chi connectivity index (χ0n) is 16.8. The normalized spacial score (nSPS) is 10.7. The van der Waals surface area contributed by atoms with Gasteiger partial charge in [-0.1, -0.05) is 5.16 Å². The Morgan fingerprint density at radius 1 is 1.13 bits per heavy atom. The van der Waals surface area contributed by atoms with Gasteiger partial charge in [0.1, 0.15) is 29.6 Å². The number of hydrogen-bond acceptors (Lipinski definition) is 6. The van der Waals surface area contributed by atoms with Crippen LogP contribution in [0.1, 0.15) is 0 Å². The van der Waals surface area contributed by atoms with E-state index in [0.717, 1.165) is 0 Å². The van der Waals surface area contributed by atoms with E-state index in [1.807, 2.05) is 0 Å². The van der Waals surface area contributed by atoms with E-state index in [1.54, 1.807) is 60.3 Å². The summed E-state index contributed by atoms with van der Waals surface area (Å²) in [5, 5.41) is 6.77. The van der Waals surface area contributed by atoms with E-state index < -0.39 is 0 Å². The lowest BCUT2D eigenvalue weighted by atomic mass is 10.2. The molecule has 0 spiro atoms. The fraction of sp³-hybridized carbons (Fsp3) is 0.136. The van der Waals surface area contributed by atoms with Gasteiger partial charge in [-0.05, 0) is 48.5 Å². The third-order valence-electron chi connectivity index (χ3n) is 4.57. The molecule has 0 aliphatic carbocycles. The summed E-state index contributed by atoms with van der Waals surface area (Å²) in [7, 11) is 3.07. The predicted octanol–water partition coefficient (Wildman–Crippen LogP) is 4.00. The highest BCUT2D eigenvalue weighted by molar-refractivity contribution is 5.92. The number of methoxy groups -OCH3 is 2. The van der Waals surface area contributed by atoms with Crippen LogP contribution in [-0.4, -0.2) is 34.8 Å². The molecular weight excluding hydrogens is 403 g/mol. The first-order chi connectivity index (χ1) is 15.1. The molecule has 0 radical (unpaired) electrons. The van der Waals surface area contributed by atoms with Crippen molar-refractivity contribution in [3.8, 4) is 34.5 Å². The lowest BCUT2D eigenvalue weighted by Crippen LogP contribution is -2.19. The Labute approximate surface area is 177 Å². The molecule has 0 aliphatic heterocycles. The Morgan fingerprint density at radius 3 is 2.68 bits per heavy atom. The van der Waals surface area contributed by atoms with E-state index in [9.17, 15) is 9.18 Å². The fourth-order valence-corrected chi connectivity index (χ4v) is 3.05. The van der Waals surface area contributed by atoms with Crippen LogP contribution in [0.4, 0.5) is 10.1 Å². The fourth-order valence-electron chi connectivity index (χ4n) is 3.05. The zero-order chi connectivity index (χ0) is 21.8. The molecule has 0 saturated heterocycles. The molecule has 8 nitrogen and oxygen atoms in total. The van der Waals surface area contributed by atoms with E-state index in [1.165, 1.54) is 19.2 Å². The second-order valence-corrected chi connectivity index (χ2v) is 6.57. The summed E-state index contributed by atoms with van der Waals surface area (Å²) in [4.78, 5) is 17.0. The molecule has 9 heteroatoms. The van der Waals surface area contributed by atoms with Crippen molar-refractivity contribution in [3.05, 3.63) is 66.6 Å². The number of nitrogens with one attached hydrogen (secondary N) is 1. The number of nitrogens with zero attached hydrogens (tertiary/aromatic N) is 3. The van der Waals surface area contributed by atoms with Gasteiger partial charge in [-0.3, -0.25) is 4.79 Å². The molecule has 0 bridgehead atoms.